The largest absolute Gasteiger partial charge is 0.0727 e. The van der Waals surface area contributed by atoms with Crippen molar-refractivity contribution in [1.82, 2.24) is 0 Å². The molecule has 0 amide bonds. The Morgan fingerprint density at radius 2 is 2.11 bits per heavy atom. The van der Waals surface area contributed by atoms with Gasteiger partial charge in [-0.3, -0.25) is 0 Å². The van der Waals surface area contributed by atoms with Gasteiger partial charge in [-0.2, -0.15) is 0 Å². The highest BCUT2D eigenvalue weighted by atomic mass is 14.3. The zero-order chi connectivity index (χ0) is 6.43. The van der Waals surface area contributed by atoms with E-state index in [0.29, 0.717) is 0 Å². The van der Waals surface area contributed by atoms with Crippen molar-refractivity contribution >= 4 is 0 Å². The molecule has 9 heavy (non-hydrogen) atoms. The Hall–Kier alpha value is -0.780. The molecule has 0 saturated heterocycles. The molecule has 0 radical (unpaired) electrons. The number of hydrogen-bond donors (Lipinski definition) is 0. The predicted octanol–water partition coefficient (Wildman–Crippen LogP) is 2.45. The van der Waals surface area contributed by atoms with Gasteiger partial charge in [-0.1, -0.05) is 29.4 Å². The summed E-state index contributed by atoms with van der Waals surface area (Å²) in [5, 5.41) is 0. The molecule has 0 aromatic carbocycles. The van der Waals surface area contributed by atoms with Crippen LogP contribution in [0, 0.1) is 5.92 Å². The van der Waals surface area contributed by atoms with Crippen LogP contribution in [0.2, 0.25) is 0 Å². The minimum atomic E-state index is 0.730. The van der Waals surface area contributed by atoms with Gasteiger partial charge in [0, 0.05) is 5.92 Å². The summed E-state index contributed by atoms with van der Waals surface area (Å²) in [6.45, 7) is 4.35. The van der Waals surface area contributed by atoms with Crippen LogP contribution in [0.15, 0.2) is 34.9 Å². The van der Waals surface area contributed by atoms with E-state index in [-0.39, 0.29) is 0 Å². The van der Waals surface area contributed by atoms with E-state index in [4.69, 9.17) is 0 Å². The van der Waals surface area contributed by atoms with E-state index in [1.165, 1.54) is 5.57 Å². The molecule has 0 saturated carbocycles. The number of hydrogen-bond acceptors (Lipinski definition) is 0. The maximum absolute atomic E-state index is 2.28. The Bertz CT molecular complexity index is 239. The first-order chi connectivity index (χ1) is 4.29. The second-order valence-corrected chi connectivity index (χ2v) is 2.86. The van der Waals surface area contributed by atoms with Gasteiger partial charge in [-0.05, 0) is 19.4 Å². The summed E-state index contributed by atoms with van der Waals surface area (Å²) >= 11 is 0. The molecule has 0 spiro atoms. The van der Waals surface area contributed by atoms with Gasteiger partial charge in [-0.25, -0.2) is 0 Å². The Kier molecular flexibility index (Phi) is 0.774. The minimum Gasteiger partial charge on any atom is -0.0727 e. The van der Waals surface area contributed by atoms with Crippen molar-refractivity contribution in [2.75, 3.05) is 0 Å². The molecule has 0 nitrogen and oxygen atoms in total. The maximum Gasteiger partial charge on any atom is 0.0234 e. The lowest BCUT2D eigenvalue weighted by Gasteiger charge is -1.96. The van der Waals surface area contributed by atoms with Crippen LogP contribution in [0.4, 0.5) is 0 Å². The average molecular weight is 118 g/mol. The lowest BCUT2D eigenvalue weighted by atomic mass is 10.1. The third kappa shape index (κ3) is 0.593. The third-order valence-corrected chi connectivity index (χ3v) is 2.11. The maximum atomic E-state index is 2.28. The van der Waals surface area contributed by atoms with E-state index in [1.54, 1.807) is 11.1 Å². The molecule has 0 fully saturated rings. The molecule has 0 N–H and O–H groups in total. The third-order valence-electron chi connectivity index (χ3n) is 2.11. The normalized spacial score (nSPS) is 30.0. The summed E-state index contributed by atoms with van der Waals surface area (Å²) in [6, 6.07) is 0. The standard InChI is InChI=1S/C9H10/c1-6-3-4-8-7(2)9(8)5-6/h3-5,8H,1-2H3. The quantitative estimate of drug-likeness (QED) is 0.458. The molecule has 2 aliphatic rings. The van der Waals surface area contributed by atoms with Gasteiger partial charge in [0.05, 0.1) is 0 Å². The molecule has 1 atom stereocenters. The van der Waals surface area contributed by atoms with Gasteiger partial charge in [0.25, 0.3) is 0 Å². The van der Waals surface area contributed by atoms with Crippen LogP contribution >= 0.6 is 0 Å². The van der Waals surface area contributed by atoms with E-state index < -0.39 is 0 Å². The van der Waals surface area contributed by atoms with E-state index in [2.05, 4.69) is 32.1 Å². The fourth-order valence-electron chi connectivity index (χ4n) is 1.37. The van der Waals surface area contributed by atoms with Crippen LogP contribution in [0.25, 0.3) is 0 Å². The number of allylic oxidation sites excluding steroid dienone is 6. The van der Waals surface area contributed by atoms with Crippen molar-refractivity contribution in [2.45, 2.75) is 13.8 Å². The second kappa shape index (κ2) is 1.38. The van der Waals surface area contributed by atoms with Crippen molar-refractivity contribution in [1.29, 1.82) is 0 Å². The van der Waals surface area contributed by atoms with Gasteiger partial charge >= 0.3 is 0 Å². The summed E-state index contributed by atoms with van der Waals surface area (Å²) in [5.41, 5.74) is 4.50. The van der Waals surface area contributed by atoms with Crippen LogP contribution in [0.1, 0.15) is 13.8 Å². The molecule has 0 bridgehead atoms. The minimum absolute atomic E-state index is 0.730. The molecule has 46 valence electrons. The van der Waals surface area contributed by atoms with Crippen molar-refractivity contribution < 1.29 is 0 Å². The number of rotatable bonds is 0. The fourth-order valence-corrected chi connectivity index (χ4v) is 1.37. The Morgan fingerprint density at radius 3 is 2.67 bits per heavy atom. The van der Waals surface area contributed by atoms with E-state index in [1.807, 2.05) is 0 Å². The Morgan fingerprint density at radius 1 is 1.33 bits per heavy atom. The lowest BCUT2D eigenvalue weighted by molar-refractivity contribution is 1.12. The van der Waals surface area contributed by atoms with Gasteiger partial charge in [-0.15, -0.1) is 0 Å². The van der Waals surface area contributed by atoms with Crippen LogP contribution in [-0.2, 0) is 0 Å². The van der Waals surface area contributed by atoms with Crippen LogP contribution in [-0.4, -0.2) is 0 Å². The van der Waals surface area contributed by atoms with Gasteiger partial charge in [0.2, 0.25) is 0 Å². The molecular formula is C9H10. The van der Waals surface area contributed by atoms with Crippen molar-refractivity contribution in [3.05, 3.63) is 34.9 Å². The zero-order valence-electron chi connectivity index (χ0n) is 5.81. The van der Waals surface area contributed by atoms with Gasteiger partial charge in [0.1, 0.15) is 0 Å². The predicted molar refractivity (Wildman–Crippen MR) is 39.1 cm³/mol. The molecule has 0 aliphatic heterocycles. The SMILES string of the molecule is CC1=CC2=C(C)C2C=C1. The first kappa shape index (κ1) is 5.04. The van der Waals surface area contributed by atoms with Crippen LogP contribution in [0.5, 0.6) is 0 Å². The number of fused-ring (bicyclic) bond motifs is 1. The van der Waals surface area contributed by atoms with E-state index >= 15 is 0 Å². The summed E-state index contributed by atoms with van der Waals surface area (Å²) < 4.78 is 0. The Balaban J connectivity index is 2.37. The van der Waals surface area contributed by atoms with E-state index in [0.717, 1.165) is 5.92 Å². The molecule has 0 aromatic rings. The van der Waals surface area contributed by atoms with Crippen molar-refractivity contribution in [2.24, 2.45) is 5.92 Å². The summed E-state index contributed by atoms with van der Waals surface area (Å²) in [7, 11) is 0. The van der Waals surface area contributed by atoms with E-state index in [9.17, 15) is 0 Å². The van der Waals surface area contributed by atoms with Crippen LogP contribution in [0.3, 0.4) is 0 Å². The molecule has 2 aliphatic carbocycles. The topological polar surface area (TPSA) is 0 Å². The van der Waals surface area contributed by atoms with Gasteiger partial charge in [0.15, 0.2) is 0 Å². The molecule has 0 aromatic heterocycles. The van der Waals surface area contributed by atoms with Crippen molar-refractivity contribution in [3.8, 4) is 0 Å². The molecule has 2 rings (SSSR count). The monoisotopic (exact) mass is 118 g/mol. The highest BCUT2D eigenvalue weighted by Gasteiger charge is 2.29. The van der Waals surface area contributed by atoms with Crippen molar-refractivity contribution in [3.63, 3.8) is 0 Å². The summed E-state index contributed by atoms with van der Waals surface area (Å²) in [5.74, 6) is 0.730. The van der Waals surface area contributed by atoms with Gasteiger partial charge < -0.3 is 0 Å². The Labute approximate surface area is 55.6 Å². The second-order valence-electron chi connectivity index (χ2n) is 2.86. The highest BCUT2D eigenvalue weighted by Crippen LogP contribution is 2.43. The first-order valence-electron chi connectivity index (χ1n) is 3.36. The lowest BCUT2D eigenvalue weighted by Crippen LogP contribution is -1.80. The highest BCUT2D eigenvalue weighted by molar-refractivity contribution is 5.56. The molecular weight excluding hydrogens is 108 g/mol. The first-order valence-corrected chi connectivity index (χ1v) is 3.36. The fraction of sp³-hybridized carbons (Fsp3) is 0.333. The smallest absolute Gasteiger partial charge is 0.0234 e. The summed E-state index contributed by atoms with van der Waals surface area (Å²) in [6.07, 6.45) is 6.75. The zero-order valence-corrected chi connectivity index (χ0v) is 5.81. The molecule has 0 heterocycles. The molecule has 0 heteroatoms. The summed E-state index contributed by atoms with van der Waals surface area (Å²) in [4.78, 5) is 0. The van der Waals surface area contributed by atoms with Crippen LogP contribution < -0.4 is 0 Å². The molecule has 1 unspecified atom stereocenters. The average Bonchev–Trinajstić information content (AvgIpc) is 2.43.